The molecule has 0 atom stereocenters. The van der Waals surface area contributed by atoms with Crippen LogP contribution in [0.2, 0.25) is 0 Å². The molecule has 1 aliphatic rings. The number of hydrogen-bond donors (Lipinski definition) is 0. The minimum absolute atomic E-state index is 0.233. The van der Waals surface area contributed by atoms with Crippen LogP contribution in [0.5, 0.6) is 11.5 Å². The van der Waals surface area contributed by atoms with Crippen molar-refractivity contribution in [2.24, 2.45) is 9.98 Å². The van der Waals surface area contributed by atoms with Crippen LogP contribution in [0, 0.1) is 0 Å². The van der Waals surface area contributed by atoms with Gasteiger partial charge in [0.1, 0.15) is 23.2 Å². The first-order valence-electron chi connectivity index (χ1n) is 11.0. The lowest BCUT2D eigenvalue weighted by molar-refractivity contribution is 0.190. The third-order valence-corrected chi connectivity index (χ3v) is 5.25. The Kier molecular flexibility index (Phi) is 6.82. The van der Waals surface area contributed by atoms with Crippen LogP contribution < -0.4 is 9.47 Å². The van der Waals surface area contributed by atoms with E-state index in [0.717, 1.165) is 0 Å². The van der Waals surface area contributed by atoms with Gasteiger partial charge in [0.2, 0.25) is 0 Å². The number of carbonyl (C=O) groups excluding carboxylic acids is 2. The highest BCUT2D eigenvalue weighted by Crippen LogP contribution is 2.27. The molecule has 0 spiro atoms. The average Bonchev–Trinajstić information content (AvgIpc) is 2.75. The Labute approximate surface area is 200 Å². The minimum Gasteiger partial charge on any atom is -0.497 e. The van der Waals surface area contributed by atoms with Crippen molar-refractivity contribution in [1.29, 1.82) is 0 Å². The van der Waals surface area contributed by atoms with E-state index in [2.05, 4.69) is 9.98 Å². The van der Waals surface area contributed by atoms with Crippen LogP contribution >= 0.6 is 0 Å². The summed E-state index contributed by atoms with van der Waals surface area (Å²) in [5.41, 5.74) is -0.188. The number of rotatable bonds is 4. The SMILES string of the molecule is COc1ccc(/C2=N/C(=O)N(C(C)(C)C)/C(c3ccc(OC)cc3)=N\C(=O)N2C(C)(C)C)cc1. The van der Waals surface area contributed by atoms with E-state index >= 15 is 0 Å². The largest absolute Gasteiger partial charge is 0.497 e. The molecule has 2 aromatic carbocycles. The quantitative estimate of drug-likeness (QED) is 0.610. The van der Waals surface area contributed by atoms with Crippen molar-refractivity contribution >= 4 is 23.7 Å². The van der Waals surface area contributed by atoms with E-state index in [9.17, 15) is 9.59 Å². The summed E-state index contributed by atoms with van der Waals surface area (Å²) in [5.74, 6) is 1.78. The highest BCUT2D eigenvalue weighted by Gasteiger charge is 2.39. The Hall–Kier alpha value is -3.68. The summed E-state index contributed by atoms with van der Waals surface area (Å²) in [6, 6.07) is 13.1. The number of urea groups is 2. The van der Waals surface area contributed by atoms with Gasteiger partial charge >= 0.3 is 12.1 Å². The van der Waals surface area contributed by atoms with Crippen molar-refractivity contribution in [3.05, 3.63) is 59.7 Å². The molecule has 0 aliphatic carbocycles. The molecule has 0 aromatic heterocycles. The zero-order valence-electron chi connectivity index (χ0n) is 21.0. The van der Waals surface area contributed by atoms with Crippen molar-refractivity contribution in [2.45, 2.75) is 52.6 Å². The Bertz CT molecular complexity index is 1030. The van der Waals surface area contributed by atoms with Crippen molar-refractivity contribution < 1.29 is 19.1 Å². The fourth-order valence-electron chi connectivity index (χ4n) is 3.64. The van der Waals surface area contributed by atoms with Gasteiger partial charge in [-0.2, -0.15) is 9.98 Å². The molecule has 0 unspecified atom stereocenters. The number of nitrogens with zero attached hydrogens (tertiary/aromatic N) is 4. The minimum atomic E-state index is -0.700. The van der Waals surface area contributed by atoms with Gasteiger partial charge in [0.25, 0.3) is 0 Å². The maximum absolute atomic E-state index is 13.7. The number of ether oxygens (including phenoxy) is 2. The van der Waals surface area contributed by atoms with E-state index in [1.807, 2.05) is 41.5 Å². The maximum atomic E-state index is 13.7. The molecule has 4 amide bonds. The second-order valence-electron chi connectivity index (χ2n) is 9.91. The van der Waals surface area contributed by atoms with Crippen LogP contribution in [0.3, 0.4) is 0 Å². The smallest absolute Gasteiger partial charge is 0.351 e. The van der Waals surface area contributed by atoms with Gasteiger partial charge in [-0.15, -0.1) is 0 Å². The van der Waals surface area contributed by atoms with Gasteiger partial charge in [-0.05, 0) is 90.1 Å². The number of amides is 4. The Morgan fingerprint density at radius 1 is 0.588 bits per heavy atom. The van der Waals surface area contributed by atoms with Crippen molar-refractivity contribution in [3.8, 4) is 11.5 Å². The van der Waals surface area contributed by atoms with Gasteiger partial charge in [-0.25, -0.2) is 9.59 Å². The third kappa shape index (κ3) is 5.11. The number of carbonyl (C=O) groups is 2. The van der Waals surface area contributed by atoms with Crippen LogP contribution in [0.15, 0.2) is 58.5 Å². The van der Waals surface area contributed by atoms with Gasteiger partial charge in [-0.1, -0.05) is 0 Å². The highest BCUT2D eigenvalue weighted by atomic mass is 16.5. The molecular weight excluding hydrogens is 432 g/mol. The molecule has 34 heavy (non-hydrogen) atoms. The van der Waals surface area contributed by atoms with Gasteiger partial charge < -0.3 is 9.47 Å². The Morgan fingerprint density at radius 2 is 0.882 bits per heavy atom. The molecule has 1 heterocycles. The number of aliphatic imine (C=N–C) groups is 2. The zero-order valence-corrected chi connectivity index (χ0v) is 21.0. The van der Waals surface area contributed by atoms with Gasteiger partial charge in [0.15, 0.2) is 0 Å². The summed E-state index contributed by atoms with van der Waals surface area (Å²) < 4.78 is 10.5. The van der Waals surface area contributed by atoms with Crippen LogP contribution in [-0.2, 0) is 0 Å². The molecule has 8 heteroatoms. The third-order valence-electron chi connectivity index (χ3n) is 5.25. The van der Waals surface area contributed by atoms with Crippen molar-refractivity contribution in [2.75, 3.05) is 14.2 Å². The van der Waals surface area contributed by atoms with Crippen LogP contribution in [0.1, 0.15) is 52.7 Å². The van der Waals surface area contributed by atoms with E-state index < -0.39 is 23.1 Å². The summed E-state index contributed by atoms with van der Waals surface area (Å²) in [4.78, 5) is 39.2. The van der Waals surface area contributed by atoms with E-state index in [4.69, 9.17) is 9.47 Å². The molecule has 0 fully saturated rings. The van der Waals surface area contributed by atoms with Crippen molar-refractivity contribution in [3.63, 3.8) is 0 Å². The first-order chi connectivity index (χ1) is 15.9. The van der Waals surface area contributed by atoms with E-state index in [1.54, 1.807) is 62.8 Å². The van der Waals surface area contributed by atoms with E-state index in [0.29, 0.717) is 22.6 Å². The van der Waals surface area contributed by atoms with Crippen LogP contribution in [0.4, 0.5) is 9.59 Å². The lowest BCUT2D eigenvalue weighted by Gasteiger charge is -2.40. The van der Waals surface area contributed by atoms with E-state index in [-0.39, 0.29) is 11.7 Å². The van der Waals surface area contributed by atoms with Gasteiger partial charge in [0, 0.05) is 22.2 Å². The summed E-state index contributed by atoms with van der Waals surface area (Å²) in [7, 11) is 3.15. The predicted molar refractivity (Wildman–Crippen MR) is 133 cm³/mol. The molecule has 2 aromatic rings. The van der Waals surface area contributed by atoms with Gasteiger partial charge in [-0.3, -0.25) is 9.80 Å². The fraction of sp³-hybridized carbons (Fsp3) is 0.385. The van der Waals surface area contributed by atoms with Crippen LogP contribution in [0.25, 0.3) is 0 Å². The topological polar surface area (TPSA) is 83.8 Å². The average molecular weight is 465 g/mol. The lowest BCUT2D eigenvalue weighted by Crippen LogP contribution is -2.55. The standard InChI is InChI=1S/C26H32N4O4/c1-25(2,3)29-21(17-9-13-19(33-7)14-10-17)27-24(32)30(26(4,5)6)22(28-23(29)31)18-11-15-20(34-8)16-12-18/h9-16H,1-8H3/b27-21-,28-22-. The zero-order chi connectivity index (χ0) is 25.3. The first-order valence-corrected chi connectivity index (χ1v) is 11.0. The van der Waals surface area contributed by atoms with Crippen molar-refractivity contribution in [1.82, 2.24) is 9.80 Å². The van der Waals surface area contributed by atoms with E-state index in [1.165, 1.54) is 9.80 Å². The second-order valence-corrected chi connectivity index (χ2v) is 9.91. The Balaban J connectivity index is 2.25. The Morgan fingerprint density at radius 3 is 1.12 bits per heavy atom. The summed E-state index contributed by atoms with van der Waals surface area (Å²) >= 11 is 0. The maximum Gasteiger partial charge on any atom is 0.351 e. The summed E-state index contributed by atoms with van der Waals surface area (Å²) in [6.07, 6.45) is 0. The molecule has 0 radical (unpaired) electrons. The summed E-state index contributed by atoms with van der Waals surface area (Å²) in [6.45, 7) is 11.3. The highest BCUT2D eigenvalue weighted by molar-refractivity contribution is 6.20. The first kappa shape index (κ1) is 25.0. The molecule has 8 nitrogen and oxygen atoms in total. The molecule has 0 saturated heterocycles. The lowest BCUT2D eigenvalue weighted by atomic mass is 10.0. The number of hydrogen-bond acceptors (Lipinski definition) is 4. The molecule has 180 valence electrons. The van der Waals surface area contributed by atoms with Gasteiger partial charge in [0.05, 0.1) is 14.2 Å². The molecule has 1 aliphatic heterocycles. The molecule has 0 saturated carbocycles. The number of amidine groups is 2. The number of benzene rings is 2. The molecule has 0 N–H and O–H groups in total. The molecule has 3 rings (SSSR count). The monoisotopic (exact) mass is 464 g/mol. The number of methoxy groups -OCH3 is 2. The second kappa shape index (κ2) is 9.29. The fourth-order valence-corrected chi connectivity index (χ4v) is 3.64. The molecule has 0 bridgehead atoms. The predicted octanol–water partition coefficient (Wildman–Crippen LogP) is 5.35. The normalized spacial score (nSPS) is 18.5. The summed E-state index contributed by atoms with van der Waals surface area (Å²) in [5, 5.41) is 0. The van der Waals surface area contributed by atoms with Crippen LogP contribution in [-0.4, -0.2) is 58.8 Å². The molecular formula is C26H32N4O4.